The average Bonchev–Trinajstić information content (AvgIpc) is 2.74. The number of nitrogens with zero attached hydrogens (tertiary/aromatic N) is 2. The molecule has 0 saturated carbocycles. The first-order valence-corrected chi connectivity index (χ1v) is 9.08. The van der Waals surface area contributed by atoms with Crippen molar-refractivity contribution < 1.29 is 8.42 Å². The molecule has 1 aromatic rings. The molecule has 0 radical (unpaired) electrons. The zero-order chi connectivity index (χ0) is 16.2. The summed E-state index contributed by atoms with van der Waals surface area (Å²) in [6, 6.07) is 0. The molecule has 0 bridgehead atoms. The van der Waals surface area contributed by atoms with E-state index in [9.17, 15) is 13.2 Å². The van der Waals surface area contributed by atoms with Gasteiger partial charge in [-0.1, -0.05) is 20.8 Å². The van der Waals surface area contributed by atoms with Gasteiger partial charge in [-0.05, 0) is 20.3 Å². The SMILES string of the molecule is CCn1c(C(C)(C)C)c(N)c(=O)n1C1(C)CCS(=O)(=O)C1. The maximum Gasteiger partial charge on any atom is 0.290 e. The molecule has 0 aromatic carbocycles. The van der Waals surface area contributed by atoms with Crippen LogP contribution in [0.4, 0.5) is 5.69 Å². The van der Waals surface area contributed by atoms with Crippen LogP contribution in [0.1, 0.15) is 46.7 Å². The molecule has 21 heavy (non-hydrogen) atoms. The minimum Gasteiger partial charge on any atom is -0.393 e. The fourth-order valence-corrected chi connectivity index (χ4v) is 5.46. The maximum atomic E-state index is 12.6. The van der Waals surface area contributed by atoms with Crippen molar-refractivity contribution in [2.75, 3.05) is 17.2 Å². The van der Waals surface area contributed by atoms with Crippen molar-refractivity contribution in [3.05, 3.63) is 16.0 Å². The number of anilines is 1. The van der Waals surface area contributed by atoms with Crippen LogP contribution < -0.4 is 11.3 Å². The Morgan fingerprint density at radius 1 is 1.33 bits per heavy atom. The first kappa shape index (κ1) is 16.1. The van der Waals surface area contributed by atoms with Crippen LogP contribution >= 0.6 is 0 Å². The van der Waals surface area contributed by atoms with E-state index in [0.29, 0.717) is 13.0 Å². The molecule has 1 unspecified atom stereocenters. The summed E-state index contributed by atoms with van der Waals surface area (Å²) in [7, 11) is -3.10. The lowest BCUT2D eigenvalue weighted by Crippen LogP contribution is -2.42. The van der Waals surface area contributed by atoms with Crippen LogP contribution in [0.15, 0.2) is 4.79 Å². The molecule has 2 N–H and O–H groups in total. The molecular formula is C14H25N3O3S. The van der Waals surface area contributed by atoms with E-state index in [1.165, 1.54) is 0 Å². The largest absolute Gasteiger partial charge is 0.393 e. The summed E-state index contributed by atoms with van der Waals surface area (Å²) >= 11 is 0. The molecule has 2 rings (SSSR count). The summed E-state index contributed by atoms with van der Waals surface area (Å²) in [4.78, 5) is 12.6. The molecule has 7 heteroatoms. The van der Waals surface area contributed by atoms with Crippen LogP contribution in [0.25, 0.3) is 0 Å². The maximum absolute atomic E-state index is 12.6. The normalized spacial score (nSPS) is 25.4. The Morgan fingerprint density at radius 3 is 2.29 bits per heavy atom. The molecule has 120 valence electrons. The van der Waals surface area contributed by atoms with Crippen LogP contribution in [0.5, 0.6) is 0 Å². The topological polar surface area (TPSA) is 87.1 Å². The summed E-state index contributed by atoms with van der Waals surface area (Å²) < 4.78 is 27.2. The van der Waals surface area contributed by atoms with E-state index in [0.717, 1.165) is 5.69 Å². The molecule has 6 nitrogen and oxygen atoms in total. The lowest BCUT2D eigenvalue weighted by atomic mass is 9.91. The molecule has 1 aliphatic rings. The van der Waals surface area contributed by atoms with E-state index in [4.69, 9.17) is 5.73 Å². The van der Waals surface area contributed by atoms with Crippen molar-refractivity contribution in [2.24, 2.45) is 0 Å². The summed E-state index contributed by atoms with van der Waals surface area (Å²) in [6.45, 7) is 10.4. The van der Waals surface area contributed by atoms with Crippen molar-refractivity contribution in [3.63, 3.8) is 0 Å². The third-order valence-electron chi connectivity index (χ3n) is 4.18. The van der Waals surface area contributed by atoms with E-state index < -0.39 is 15.4 Å². The predicted octanol–water partition coefficient (Wildman–Crippen LogP) is 1.08. The molecule has 0 aliphatic carbocycles. The summed E-state index contributed by atoms with van der Waals surface area (Å²) in [5, 5.41) is 0. The zero-order valence-corrected chi connectivity index (χ0v) is 14.2. The highest BCUT2D eigenvalue weighted by atomic mass is 32.2. The number of aromatic nitrogens is 2. The van der Waals surface area contributed by atoms with E-state index in [-0.39, 0.29) is 28.2 Å². The predicted molar refractivity (Wildman–Crippen MR) is 84.4 cm³/mol. The lowest BCUT2D eigenvalue weighted by Gasteiger charge is -2.29. The molecule has 2 heterocycles. The molecule has 0 spiro atoms. The molecule has 1 aliphatic heterocycles. The first-order chi connectivity index (χ1) is 9.43. The highest BCUT2D eigenvalue weighted by molar-refractivity contribution is 7.91. The first-order valence-electron chi connectivity index (χ1n) is 7.25. The minimum atomic E-state index is -3.10. The van der Waals surface area contributed by atoms with Gasteiger partial charge in [0.2, 0.25) is 0 Å². The van der Waals surface area contributed by atoms with Gasteiger partial charge in [0.05, 0.1) is 22.7 Å². The quantitative estimate of drug-likeness (QED) is 0.885. The van der Waals surface area contributed by atoms with Gasteiger partial charge in [0, 0.05) is 12.0 Å². The highest BCUT2D eigenvalue weighted by Gasteiger charge is 2.44. The van der Waals surface area contributed by atoms with Crippen LogP contribution in [-0.2, 0) is 27.3 Å². The third kappa shape index (κ3) is 2.52. The van der Waals surface area contributed by atoms with Crippen molar-refractivity contribution in [1.82, 2.24) is 9.36 Å². The Kier molecular flexibility index (Phi) is 3.56. The minimum absolute atomic E-state index is 0.00700. The molecule has 1 fully saturated rings. The van der Waals surface area contributed by atoms with Crippen LogP contribution in [0.2, 0.25) is 0 Å². The van der Waals surface area contributed by atoms with Crippen molar-refractivity contribution >= 4 is 15.5 Å². The summed E-state index contributed by atoms with van der Waals surface area (Å²) in [5.74, 6) is 0.114. The second kappa shape index (κ2) is 4.63. The summed E-state index contributed by atoms with van der Waals surface area (Å²) in [5.41, 5.74) is 5.79. The fourth-order valence-electron chi connectivity index (χ4n) is 3.35. The summed E-state index contributed by atoms with van der Waals surface area (Å²) in [6.07, 6.45) is 0.447. The Labute approximate surface area is 125 Å². The van der Waals surface area contributed by atoms with Crippen molar-refractivity contribution in [1.29, 1.82) is 0 Å². The van der Waals surface area contributed by atoms with Gasteiger partial charge in [0.1, 0.15) is 5.69 Å². The second-order valence-corrected chi connectivity index (χ2v) is 9.37. The van der Waals surface area contributed by atoms with Gasteiger partial charge in [-0.15, -0.1) is 0 Å². The van der Waals surface area contributed by atoms with Crippen molar-refractivity contribution in [3.8, 4) is 0 Å². The molecule has 1 aromatic heterocycles. The number of sulfone groups is 1. The number of nitrogens with two attached hydrogens (primary N) is 1. The number of rotatable bonds is 2. The molecule has 0 amide bonds. The van der Waals surface area contributed by atoms with Gasteiger partial charge in [-0.3, -0.25) is 9.48 Å². The Morgan fingerprint density at radius 2 is 1.90 bits per heavy atom. The van der Waals surface area contributed by atoms with Crippen LogP contribution in [0.3, 0.4) is 0 Å². The second-order valence-electron chi connectivity index (χ2n) is 7.18. The van der Waals surface area contributed by atoms with Gasteiger partial charge >= 0.3 is 0 Å². The van der Waals surface area contributed by atoms with E-state index in [2.05, 4.69) is 0 Å². The molecular weight excluding hydrogens is 290 g/mol. The smallest absolute Gasteiger partial charge is 0.290 e. The molecule has 1 atom stereocenters. The third-order valence-corrected chi connectivity index (χ3v) is 6.07. The van der Waals surface area contributed by atoms with E-state index >= 15 is 0 Å². The van der Waals surface area contributed by atoms with Gasteiger partial charge in [0.15, 0.2) is 9.84 Å². The lowest BCUT2D eigenvalue weighted by molar-refractivity contribution is 0.259. The van der Waals surface area contributed by atoms with Gasteiger partial charge in [-0.25, -0.2) is 13.1 Å². The molecule has 1 saturated heterocycles. The standard InChI is InChI=1S/C14H25N3O3S/c1-6-16-11(13(2,3)4)10(15)12(18)17(16)14(5)7-8-21(19,20)9-14/h6-9,15H2,1-5H3. The monoisotopic (exact) mass is 315 g/mol. The van der Waals surface area contributed by atoms with E-state index in [1.54, 1.807) is 4.68 Å². The van der Waals surface area contributed by atoms with Crippen LogP contribution in [-0.4, -0.2) is 29.3 Å². The van der Waals surface area contributed by atoms with Gasteiger partial charge in [-0.2, -0.15) is 0 Å². The highest BCUT2D eigenvalue weighted by Crippen LogP contribution is 2.33. The van der Waals surface area contributed by atoms with Gasteiger partial charge < -0.3 is 5.73 Å². The average molecular weight is 315 g/mol. The van der Waals surface area contributed by atoms with Crippen molar-refractivity contribution in [2.45, 2.75) is 58.5 Å². The number of nitrogen functional groups attached to an aromatic ring is 1. The Bertz CT molecular complexity index is 722. The van der Waals surface area contributed by atoms with Gasteiger partial charge in [0.25, 0.3) is 5.56 Å². The Hall–Kier alpha value is -1.24. The number of hydrogen-bond donors (Lipinski definition) is 1. The van der Waals surface area contributed by atoms with E-state index in [1.807, 2.05) is 39.3 Å². The number of hydrogen-bond acceptors (Lipinski definition) is 4. The van der Waals surface area contributed by atoms with Crippen LogP contribution in [0, 0.1) is 0 Å². The Balaban J connectivity index is 2.75. The fraction of sp³-hybridized carbons (Fsp3) is 0.786. The zero-order valence-electron chi connectivity index (χ0n) is 13.4.